The van der Waals surface area contributed by atoms with E-state index in [-0.39, 0.29) is 0 Å². The summed E-state index contributed by atoms with van der Waals surface area (Å²) in [5.74, 6) is 0.784. The van der Waals surface area contributed by atoms with Crippen molar-refractivity contribution in [3.8, 4) is 0 Å². The average molecular weight is 284 g/mol. The van der Waals surface area contributed by atoms with E-state index in [9.17, 15) is 0 Å². The highest BCUT2D eigenvalue weighted by Crippen LogP contribution is 2.16. The number of ether oxygens (including phenoxy) is 1. The van der Waals surface area contributed by atoms with Crippen LogP contribution in [0.25, 0.3) is 0 Å². The van der Waals surface area contributed by atoms with Crippen molar-refractivity contribution in [2.45, 2.75) is 78.5 Å². The molecule has 0 aromatic heterocycles. The van der Waals surface area contributed by atoms with Gasteiger partial charge in [0.2, 0.25) is 0 Å². The smallest absolute Gasteiger partial charge is 0.0518 e. The molecule has 1 fully saturated rings. The monoisotopic (exact) mass is 284 g/mol. The van der Waals surface area contributed by atoms with E-state index in [1.165, 1.54) is 38.8 Å². The fraction of sp³-hybridized carbons (Fsp3) is 1.00. The molecule has 120 valence electrons. The maximum atomic E-state index is 5.63. The van der Waals surface area contributed by atoms with Gasteiger partial charge in [-0.25, -0.2) is 0 Å². The first-order valence-corrected chi connectivity index (χ1v) is 8.62. The molecule has 0 aromatic carbocycles. The maximum absolute atomic E-state index is 5.63. The zero-order chi connectivity index (χ0) is 15.0. The zero-order valence-corrected chi connectivity index (χ0v) is 14.3. The fourth-order valence-corrected chi connectivity index (χ4v) is 3.07. The average Bonchev–Trinajstić information content (AvgIpc) is 2.37. The molecule has 0 radical (unpaired) electrons. The normalized spacial score (nSPS) is 24.8. The molecule has 0 amide bonds. The van der Waals surface area contributed by atoms with E-state index < -0.39 is 0 Å². The molecule has 0 aliphatic carbocycles. The van der Waals surface area contributed by atoms with Crippen molar-refractivity contribution in [2.24, 2.45) is 5.92 Å². The Kier molecular flexibility index (Phi) is 8.74. The van der Waals surface area contributed by atoms with Gasteiger partial charge in [-0.3, -0.25) is 4.90 Å². The molecule has 1 N–H and O–H groups in total. The van der Waals surface area contributed by atoms with Crippen LogP contribution in [0.5, 0.6) is 0 Å². The second kappa shape index (κ2) is 9.75. The van der Waals surface area contributed by atoms with Crippen molar-refractivity contribution in [3.63, 3.8) is 0 Å². The highest BCUT2D eigenvalue weighted by molar-refractivity contribution is 4.85. The van der Waals surface area contributed by atoms with E-state index in [0.29, 0.717) is 12.1 Å². The second-order valence-electron chi connectivity index (χ2n) is 6.92. The number of nitrogens with one attached hydrogen (secondary N) is 1. The molecule has 0 saturated carbocycles. The third kappa shape index (κ3) is 7.05. The Balaban J connectivity index is 2.27. The van der Waals surface area contributed by atoms with Crippen LogP contribution in [0.2, 0.25) is 0 Å². The van der Waals surface area contributed by atoms with E-state index in [4.69, 9.17) is 4.74 Å². The van der Waals surface area contributed by atoms with Crippen LogP contribution >= 0.6 is 0 Å². The number of hydrogen-bond acceptors (Lipinski definition) is 3. The molecular weight excluding hydrogens is 248 g/mol. The molecule has 1 saturated heterocycles. The predicted molar refractivity (Wildman–Crippen MR) is 87.2 cm³/mol. The lowest BCUT2D eigenvalue weighted by Gasteiger charge is -2.40. The fourth-order valence-electron chi connectivity index (χ4n) is 3.07. The largest absolute Gasteiger partial charge is 0.379 e. The molecule has 1 aliphatic rings. The zero-order valence-electron chi connectivity index (χ0n) is 14.3. The quantitative estimate of drug-likeness (QED) is 0.658. The Bertz CT molecular complexity index is 243. The summed E-state index contributed by atoms with van der Waals surface area (Å²) in [5.41, 5.74) is 0. The van der Waals surface area contributed by atoms with Crippen LogP contribution in [0, 0.1) is 5.92 Å². The molecule has 1 rings (SSSR count). The number of rotatable bonds is 9. The van der Waals surface area contributed by atoms with E-state index in [0.717, 1.165) is 25.1 Å². The summed E-state index contributed by atoms with van der Waals surface area (Å²) in [6.07, 6.45) is 5.37. The van der Waals surface area contributed by atoms with Gasteiger partial charge in [-0.1, -0.05) is 20.8 Å². The number of piperazine rings is 1. The van der Waals surface area contributed by atoms with Gasteiger partial charge in [0.1, 0.15) is 0 Å². The Morgan fingerprint density at radius 1 is 1.20 bits per heavy atom. The molecule has 0 aromatic rings. The van der Waals surface area contributed by atoms with Crippen molar-refractivity contribution in [3.05, 3.63) is 0 Å². The first-order valence-electron chi connectivity index (χ1n) is 8.62. The van der Waals surface area contributed by atoms with Crippen molar-refractivity contribution >= 4 is 0 Å². The highest BCUT2D eigenvalue weighted by Gasteiger charge is 2.26. The van der Waals surface area contributed by atoms with Crippen LogP contribution in [0.3, 0.4) is 0 Å². The lowest BCUT2D eigenvalue weighted by Crippen LogP contribution is -2.56. The highest BCUT2D eigenvalue weighted by atomic mass is 16.5. The molecule has 0 bridgehead atoms. The van der Waals surface area contributed by atoms with Gasteiger partial charge in [0, 0.05) is 31.8 Å². The van der Waals surface area contributed by atoms with E-state index in [2.05, 4.69) is 44.8 Å². The molecule has 2 atom stereocenters. The molecule has 3 heteroatoms. The van der Waals surface area contributed by atoms with Crippen molar-refractivity contribution in [1.29, 1.82) is 0 Å². The van der Waals surface area contributed by atoms with Gasteiger partial charge in [0.05, 0.1) is 6.10 Å². The maximum Gasteiger partial charge on any atom is 0.0518 e. The third-order valence-corrected chi connectivity index (χ3v) is 4.13. The minimum atomic E-state index is 0.369. The Morgan fingerprint density at radius 3 is 2.55 bits per heavy atom. The van der Waals surface area contributed by atoms with Crippen molar-refractivity contribution < 1.29 is 4.74 Å². The Labute approximate surface area is 126 Å². The van der Waals surface area contributed by atoms with Crippen LogP contribution < -0.4 is 5.32 Å². The van der Waals surface area contributed by atoms with Gasteiger partial charge in [-0.05, 0) is 52.0 Å². The van der Waals surface area contributed by atoms with Crippen LogP contribution in [0.1, 0.15) is 60.3 Å². The van der Waals surface area contributed by atoms with Crippen LogP contribution in [-0.4, -0.2) is 49.3 Å². The SMILES string of the molecule is CCC1CNC(CC(C)C)CN1CCCCOC(C)C. The number of hydrogen-bond donors (Lipinski definition) is 1. The summed E-state index contributed by atoms with van der Waals surface area (Å²) in [6.45, 7) is 15.7. The first kappa shape index (κ1) is 17.9. The van der Waals surface area contributed by atoms with E-state index in [1.807, 2.05) is 0 Å². The summed E-state index contributed by atoms with van der Waals surface area (Å²) in [5, 5.41) is 3.73. The summed E-state index contributed by atoms with van der Waals surface area (Å²) >= 11 is 0. The summed E-state index contributed by atoms with van der Waals surface area (Å²) in [4.78, 5) is 2.71. The van der Waals surface area contributed by atoms with Crippen LogP contribution in [-0.2, 0) is 4.74 Å². The van der Waals surface area contributed by atoms with Crippen LogP contribution in [0.15, 0.2) is 0 Å². The topological polar surface area (TPSA) is 24.5 Å². The van der Waals surface area contributed by atoms with Gasteiger partial charge in [-0.2, -0.15) is 0 Å². The molecule has 1 aliphatic heterocycles. The van der Waals surface area contributed by atoms with Crippen molar-refractivity contribution in [2.75, 3.05) is 26.2 Å². The second-order valence-corrected chi connectivity index (χ2v) is 6.92. The van der Waals surface area contributed by atoms with E-state index in [1.54, 1.807) is 0 Å². The van der Waals surface area contributed by atoms with Crippen LogP contribution in [0.4, 0.5) is 0 Å². The number of nitrogens with zero attached hydrogens (tertiary/aromatic N) is 1. The first-order chi connectivity index (χ1) is 9.52. The standard InChI is InChI=1S/C17H36N2O/c1-6-17-12-18-16(11-14(2)3)13-19(17)9-7-8-10-20-15(4)5/h14-18H,6-13H2,1-5H3. The molecule has 2 unspecified atom stereocenters. The number of unbranched alkanes of at least 4 members (excludes halogenated alkanes) is 1. The molecule has 1 heterocycles. The van der Waals surface area contributed by atoms with Gasteiger partial charge in [0.15, 0.2) is 0 Å². The lowest BCUT2D eigenvalue weighted by atomic mass is 9.98. The molecule has 0 spiro atoms. The van der Waals surface area contributed by atoms with Gasteiger partial charge in [-0.15, -0.1) is 0 Å². The molecular formula is C17H36N2O. The predicted octanol–water partition coefficient (Wildman–Crippen LogP) is 3.29. The van der Waals surface area contributed by atoms with Gasteiger partial charge >= 0.3 is 0 Å². The minimum absolute atomic E-state index is 0.369. The summed E-state index contributed by atoms with van der Waals surface area (Å²) < 4.78 is 5.63. The summed E-state index contributed by atoms with van der Waals surface area (Å²) in [7, 11) is 0. The Hall–Kier alpha value is -0.120. The third-order valence-electron chi connectivity index (χ3n) is 4.13. The molecule has 3 nitrogen and oxygen atoms in total. The van der Waals surface area contributed by atoms with Crippen molar-refractivity contribution in [1.82, 2.24) is 10.2 Å². The minimum Gasteiger partial charge on any atom is -0.379 e. The molecule has 20 heavy (non-hydrogen) atoms. The Morgan fingerprint density at radius 2 is 1.95 bits per heavy atom. The van der Waals surface area contributed by atoms with E-state index >= 15 is 0 Å². The van der Waals surface area contributed by atoms with Gasteiger partial charge < -0.3 is 10.1 Å². The lowest BCUT2D eigenvalue weighted by molar-refractivity contribution is 0.0691. The summed E-state index contributed by atoms with van der Waals surface area (Å²) in [6, 6.07) is 1.41. The van der Waals surface area contributed by atoms with Gasteiger partial charge in [0.25, 0.3) is 0 Å².